The van der Waals surface area contributed by atoms with E-state index in [9.17, 15) is 21.6 Å². The summed E-state index contributed by atoms with van der Waals surface area (Å²) in [6, 6.07) is 3.18. The normalized spacial score (nSPS) is 20.2. The van der Waals surface area contributed by atoms with Crippen molar-refractivity contribution >= 4 is 25.8 Å². The van der Waals surface area contributed by atoms with Crippen molar-refractivity contribution in [3.63, 3.8) is 0 Å². The van der Waals surface area contributed by atoms with Crippen molar-refractivity contribution in [2.24, 2.45) is 0 Å². The number of carboxylic acid groups (broad SMARTS) is 1. The molecule has 2 rings (SSSR count). The standard InChI is InChI=1S/C15H19NO6S2/c1-3-7-16(13-6-8-23(19,20)10-13)24(21,22)14-9-12(15(17)18)5-4-11(14)2/h3-5,9,13H,1,6-8,10H2,2H3,(H,17,18)/t13-/m0/s1. The quantitative estimate of drug-likeness (QED) is 0.747. The molecule has 9 heteroatoms. The average molecular weight is 373 g/mol. The van der Waals surface area contributed by atoms with Crippen molar-refractivity contribution in [1.29, 1.82) is 0 Å². The van der Waals surface area contributed by atoms with Crippen LogP contribution in [-0.2, 0) is 19.9 Å². The van der Waals surface area contributed by atoms with Crippen LogP contribution in [0.3, 0.4) is 0 Å². The van der Waals surface area contributed by atoms with E-state index >= 15 is 0 Å². The maximum atomic E-state index is 13.0. The third-order valence-corrected chi connectivity index (χ3v) is 7.76. The van der Waals surface area contributed by atoms with Gasteiger partial charge in [0.15, 0.2) is 9.84 Å². The number of carboxylic acids is 1. The Labute approximate surface area is 141 Å². The second-order valence-corrected chi connectivity index (χ2v) is 9.79. The zero-order valence-electron chi connectivity index (χ0n) is 13.2. The van der Waals surface area contributed by atoms with Crippen LogP contribution in [0.1, 0.15) is 22.3 Å². The Kier molecular flexibility index (Phi) is 5.17. The number of hydrogen-bond acceptors (Lipinski definition) is 5. The second-order valence-electron chi connectivity index (χ2n) is 5.71. The molecule has 1 atom stereocenters. The second kappa shape index (κ2) is 6.66. The van der Waals surface area contributed by atoms with Gasteiger partial charge in [0.25, 0.3) is 0 Å². The van der Waals surface area contributed by atoms with Crippen LogP contribution < -0.4 is 0 Å². The molecule has 0 radical (unpaired) electrons. The largest absolute Gasteiger partial charge is 0.478 e. The molecule has 1 heterocycles. The molecule has 1 aliphatic rings. The zero-order chi connectivity index (χ0) is 18.1. The van der Waals surface area contributed by atoms with E-state index in [0.717, 1.165) is 10.4 Å². The molecular formula is C15H19NO6S2. The molecule has 1 N–H and O–H groups in total. The molecule has 0 bridgehead atoms. The number of benzene rings is 1. The lowest BCUT2D eigenvalue weighted by molar-refractivity contribution is 0.0696. The summed E-state index contributed by atoms with van der Waals surface area (Å²) in [5.41, 5.74) is 0.256. The fraction of sp³-hybridized carbons (Fsp3) is 0.400. The molecule has 1 saturated heterocycles. The minimum atomic E-state index is -4.05. The predicted octanol–water partition coefficient (Wildman–Crippen LogP) is 1.06. The van der Waals surface area contributed by atoms with Crippen LogP contribution in [0.25, 0.3) is 0 Å². The Hall–Kier alpha value is -1.71. The molecule has 1 aromatic rings. The first-order chi connectivity index (χ1) is 11.1. The van der Waals surface area contributed by atoms with Crippen LogP contribution in [0.15, 0.2) is 35.7 Å². The van der Waals surface area contributed by atoms with E-state index in [0.29, 0.717) is 5.56 Å². The van der Waals surface area contributed by atoms with Crippen molar-refractivity contribution in [3.05, 3.63) is 42.0 Å². The minimum absolute atomic E-state index is 0.0424. The molecule has 132 valence electrons. The molecule has 1 fully saturated rings. The van der Waals surface area contributed by atoms with Gasteiger partial charge in [-0.25, -0.2) is 21.6 Å². The molecule has 0 saturated carbocycles. The monoisotopic (exact) mass is 373 g/mol. The van der Waals surface area contributed by atoms with E-state index in [4.69, 9.17) is 5.11 Å². The van der Waals surface area contributed by atoms with Crippen LogP contribution in [0.2, 0.25) is 0 Å². The summed E-state index contributed by atoms with van der Waals surface area (Å²) in [7, 11) is -7.32. The van der Waals surface area contributed by atoms with Gasteiger partial charge in [0.05, 0.1) is 22.0 Å². The van der Waals surface area contributed by atoms with Gasteiger partial charge in [0.1, 0.15) is 0 Å². The Bertz CT molecular complexity index is 873. The number of rotatable bonds is 6. The minimum Gasteiger partial charge on any atom is -0.478 e. The maximum absolute atomic E-state index is 13.0. The number of aromatic carboxylic acids is 1. The van der Waals surface area contributed by atoms with E-state index in [1.54, 1.807) is 6.92 Å². The Balaban J connectivity index is 2.51. The van der Waals surface area contributed by atoms with Gasteiger partial charge >= 0.3 is 5.97 Å². The van der Waals surface area contributed by atoms with E-state index in [-0.39, 0.29) is 34.9 Å². The summed E-state index contributed by atoms with van der Waals surface area (Å²) in [6.45, 7) is 5.06. The van der Waals surface area contributed by atoms with Gasteiger partial charge in [-0.2, -0.15) is 4.31 Å². The van der Waals surface area contributed by atoms with Crippen molar-refractivity contribution < 1.29 is 26.7 Å². The number of nitrogens with zero attached hydrogens (tertiary/aromatic N) is 1. The van der Waals surface area contributed by atoms with Crippen molar-refractivity contribution in [3.8, 4) is 0 Å². The van der Waals surface area contributed by atoms with E-state index < -0.39 is 31.9 Å². The van der Waals surface area contributed by atoms with Crippen LogP contribution in [0.4, 0.5) is 0 Å². The topological polar surface area (TPSA) is 109 Å². The maximum Gasteiger partial charge on any atom is 0.335 e. The number of hydrogen-bond donors (Lipinski definition) is 1. The van der Waals surface area contributed by atoms with Gasteiger partial charge < -0.3 is 5.11 Å². The summed E-state index contributed by atoms with van der Waals surface area (Å²) in [4.78, 5) is 11.0. The molecule has 0 amide bonds. The number of sulfone groups is 1. The first-order valence-corrected chi connectivity index (χ1v) is 10.5. The summed E-state index contributed by atoms with van der Waals surface area (Å²) < 4.78 is 50.5. The summed E-state index contributed by atoms with van der Waals surface area (Å²) in [5.74, 6) is -1.53. The van der Waals surface area contributed by atoms with Gasteiger partial charge in [-0.15, -0.1) is 6.58 Å². The fourth-order valence-corrected chi connectivity index (χ4v) is 6.41. The molecule has 1 aliphatic heterocycles. The highest BCUT2D eigenvalue weighted by atomic mass is 32.2. The molecule has 24 heavy (non-hydrogen) atoms. The van der Waals surface area contributed by atoms with Crippen molar-refractivity contribution in [2.75, 3.05) is 18.1 Å². The molecule has 7 nitrogen and oxygen atoms in total. The molecular weight excluding hydrogens is 354 g/mol. The lowest BCUT2D eigenvalue weighted by Crippen LogP contribution is -2.41. The van der Waals surface area contributed by atoms with Gasteiger partial charge in [-0.1, -0.05) is 12.1 Å². The SMILES string of the molecule is C=CCN([C@H]1CCS(=O)(=O)C1)S(=O)(=O)c1cc(C(=O)O)ccc1C. The van der Waals surface area contributed by atoms with Crippen LogP contribution in [-0.4, -0.2) is 56.3 Å². The summed E-state index contributed by atoms with van der Waals surface area (Å²) in [6.07, 6.45) is 1.60. The molecule has 0 unspecified atom stereocenters. The Morgan fingerprint density at radius 1 is 1.46 bits per heavy atom. The highest BCUT2D eigenvalue weighted by molar-refractivity contribution is 7.92. The van der Waals surface area contributed by atoms with E-state index in [1.807, 2.05) is 0 Å². The summed E-state index contributed by atoms with van der Waals surface area (Å²) >= 11 is 0. The lowest BCUT2D eigenvalue weighted by atomic mass is 10.1. The number of sulfonamides is 1. The third-order valence-electron chi connectivity index (χ3n) is 3.95. The first kappa shape index (κ1) is 18.6. The van der Waals surface area contributed by atoms with Gasteiger partial charge in [-0.3, -0.25) is 0 Å². The van der Waals surface area contributed by atoms with E-state index in [2.05, 4.69) is 6.58 Å². The first-order valence-electron chi connectivity index (χ1n) is 7.25. The molecule has 0 spiro atoms. The van der Waals surface area contributed by atoms with Crippen molar-refractivity contribution in [2.45, 2.75) is 24.3 Å². The molecule has 0 aromatic heterocycles. The average Bonchev–Trinajstić information content (AvgIpc) is 2.84. The van der Waals surface area contributed by atoms with Gasteiger partial charge in [0, 0.05) is 12.6 Å². The highest BCUT2D eigenvalue weighted by Gasteiger charge is 2.38. The van der Waals surface area contributed by atoms with Gasteiger partial charge in [0.2, 0.25) is 10.0 Å². The molecule has 0 aliphatic carbocycles. The number of aryl methyl sites for hydroxylation is 1. The Morgan fingerprint density at radius 3 is 2.62 bits per heavy atom. The Morgan fingerprint density at radius 2 is 2.12 bits per heavy atom. The smallest absolute Gasteiger partial charge is 0.335 e. The predicted molar refractivity (Wildman–Crippen MR) is 89.3 cm³/mol. The third kappa shape index (κ3) is 3.68. The highest BCUT2D eigenvalue weighted by Crippen LogP contribution is 2.27. The molecule has 1 aromatic carbocycles. The van der Waals surface area contributed by atoms with Crippen LogP contribution in [0.5, 0.6) is 0 Å². The van der Waals surface area contributed by atoms with Crippen LogP contribution in [0, 0.1) is 6.92 Å². The number of carbonyl (C=O) groups is 1. The lowest BCUT2D eigenvalue weighted by Gasteiger charge is -2.27. The van der Waals surface area contributed by atoms with Crippen LogP contribution >= 0.6 is 0 Å². The van der Waals surface area contributed by atoms with Gasteiger partial charge in [-0.05, 0) is 31.0 Å². The fourth-order valence-electron chi connectivity index (χ4n) is 2.71. The van der Waals surface area contributed by atoms with E-state index in [1.165, 1.54) is 18.2 Å². The zero-order valence-corrected chi connectivity index (χ0v) is 14.8. The van der Waals surface area contributed by atoms with Crippen molar-refractivity contribution in [1.82, 2.24) is 4.31 Å². The summed E-state index contributed by atoms with van der Waals surface area (Å²) in [5, 5.41) is 9.08.